The minimum Gasteiger partial charge on any atom is -0.268 e. The van der Waals surface area contributed by atoms with Gasteiger partial charge >= 0.3 is 0 Å². The predicted octanol–water partition coefficient (Wildman–Crippen LogP) is 4.86. The first kappa shape index (κ1) is 16.0. The SMILES string of the molecule is Cc1ccc(/C=C/c2nc3ccccc3c(=O)n2-c2ccccc2)cc1. The summed E-state index contributed by atoms with van der Waals surface area (Å²) in [6.45, 7) is 2.06. The summed E-state index contributed by atoms with van der Waals surface area (Å²) in [5, 5.41) is 0.615. The van der Waals surface area contributed by atoms with Crippen molar-refractivity contribution >= 4 is 23.1 Å². The molecule has 0 bridgehead atoms. The van der Waals surface area contributed by atoms with Gasteiger partial charge < -0.3 is 0 Å². The van der Waals surface area contributed by atoms with Gasteiger partial charge in [0, 0.05) is 0 Å². The van der Waals surface area contributed by atoms with Gasteiger partial charge in [-0.05, 0) is 42.8 Å². The summed E-state index contributed by atoms with van der Waals surface area (Å²) in [7, 11) is 0. The molecule has 0 aliphatic heterocycles. The molecule has 0 aliphatic rings. The Hall–Kier alpha value is -3.46. The summed E-state index contributed by atoms with van der Waals surface area (Å²) in [4.78, 5) is 17.8. The molecule has 0 saturated heterocycles. The zero-order valence-electron chi connectivity index (χ0n) is 14.5. The van der Waals surface area contributed by atoms with Gasteiger partial charge in [0.1, 0.15) is 5.82 Å². The summed E-state index contributed by atoms with van der Waals surface area (Å²) in [5.74, 6) is 0.612. The van der Waals surface area contributed by atoms with Crippen LogP contribution in [0.5, 0.6) is 0 Å². The molecule has 26 heavy (non-hydrogen) atoms. The molecule has 0 radical (unpaired) electrons. The number of hydrogen-bond donors (Lipinski definition) is 0. The Balaban J connectivity index is 1.92. The van der Waals surface area contributed by atoms with E-state index in [-0.39, 0.29) is 5.56 Å². The molecular formula is C23H18N2O. The molecule has 126 valence electrons. The van der Waals surface area contributed by atoms with Crippen LogP contribution in [-0.4, -0.2) is 9.55 Å². The molecule has 0 N–H and O–H groups in total. The average molecular weight is 338 g/mol. The Morgan fingerprint density at radius 3 is 2.27 bits per heavy atom. The standard InChI is InChI=1S/C23H18N2O/c1-17-11-13-18(14-12-17)15-16-22-24-21-10-6-5-9-20(21)23(26)25(22)19-7-3-2-4-8-19/h2-16H,1H3/b16-15+. The van der Waals surface area contributed by atoms with Crippen molar-refractivity contribution in [3.63, 3.8) is 0 Å². The minimum atomic E-state index is -0.0645. The molecule has 0 atom stereocenters. The molecule has 0 spiro atoms. The maximum atomic E-state index is 13.1. The van der Waals surface area contributed by atoms with Crippen LogP contribution in [0.3, 0.4) is 0 Å². The van der Waals surface area contributed by atoms with Crippen LogP contribution >= 0.6 is 0 Å². The average Bonchev–Trinajstić information content (AvgIpc) is 2.68. The summed E-state index contributed by atoms with van der Waals surface area (Å²) in [5.41, 5.74) is 3.72. The fourth-order valence-electron chi connectivity index (χ4n) is 2.94. The van der Waals surface area contributed by atoms with E-state index in [0.29, 0.717) is 16.7 Å². The van der Waals surface area contributed by atoms with E-state index >= 15 is 0 Å². The lowest BCUT2D eigenvalue weighted by molar-refractivity contribution is 0.944. The molecule has 0 unspecified atom stereocenters. The summed E-state index contributed by atoms with van der Waals surface area (Å²) in [6, 6.07) is 25.3. The maximum absolute atomic E-state index is 13.1. The van der Waals surface area contributed by atoms with E-state index in [9.17, 15) is 4.79 Å². The maximum Gasteiger partial charge on any atom is 0.266 e. The molecule has 1 heterocycles. The van der Waals surface area contributed by atoms with Crippen molar-refractivity contribution in [3.05, 3.63) is 106 Å². The van der Waals surface area contributed by atoms with Crippen molar-refractivity contribution in [1.82, 2.24) is 9.55 Å². The number of fused-ring (bicyclic) bond motifs is 1. The highest BCUT2D eigenvalue weighted by molar-refractivity contribution is 5.80. The molecular weight excluding hydrogens is 320 g/mol. The number of para-hydroxylation sites is 2. The third-order valence-electron chi connectivity index (χ3n) is 4.32. The van der Waals surface area contributed by atoms with Gasteiger partial charge in [-0.25, -0.2) is 4.98 Å². The lowest BCUT2D eigenvalue weighted by atomic mass is 10.1. The number of rotatable bonds is 3. The van der Waals surface area contributed by atoms with Crippen molar-refractivity contribution in [3.8, 4) is 5.69 Å². The fraction of sp³-hybridized carbons (Fsp3) is 0.0435. The van der Waals surface area contributed by atoms with E-state index in [1.807, 2.05) is 66.7 Å². The predicted molar refractivity (Wildman–Crippen MR) is 107 cm³/mol. The highest BCUT2D eigenvalue weighted by Crippen LogP contribution is 2.15. The van der Waals surface area contributed by atoms with Crippen molar-refractivity contribution < 1.29 is 0 Å². The lowest BCUT2D eigenvalue weighted by Crippen LogP contribution is -2.22. The second kappa shape index (κ2) is 6.81. The Labute approximate surface area is 151 Å². The lowest BCUT2D eigenvalue weighted by Gasteiger charge is -2.11. The zero-order chi connectivity index (χ0) is 17.9. The van der Waals surface area contributed by atoms with E-state index in [4.69, 9.17) is 4.98 Å². The van der Waals surface area contributed by atoms with Gasteiger partial charge in [0.15, 0.2) is 0 Å². The summed E-state index contributed by atoms with van der Waals surface area (Å²) in [6.07, 6.45) is 3.88. The number of benzene rings is 3. The van der Waals surface area contributed by atoms with E-state index in [0.717, 1.165) is 11.3 Å². The Morgan fingerprint density at radius 1 is 0.808 bits per heavy atom. The molecule has 0 amide bonds. The molecule has 0 fully saturated rings. The highest BCUT2D eigenvalue weighted by Gasteiger charge is 2.10. The van der Waals surface area contributed by atoms with Crippen LogP contribution in [0, 0.1) is 6.92 Å². The second-order valence-corrected chi connectivity index (χ2v) is 6.21. The van der Waals surface area contributed by atoms with E-state index in [2.05, 4.69) is 31.2 Å². The van der Waals surface area contributed by atoms with Crippen LogP contribution < -0.4 is 5.56 Å². The first-order chi connectivity index (χ1) is 12.7. The summed E-state index contributed by atoms with van der Waals surface area (Å²) < 4.78 is 1.66. The van der Waals surface area contributed by atoms with Gasteiger partial charge in [0.25, 0.3) is 5.56 Å². The molecule has 4 rings (SSSR count). The Morgan fingerprint density at radius 2 is 1.50 bits per heavy atom. The first-order valence-corrected chi connectivity index (χ1v) is 8.54. The molecule has 3 aromatic carbocycles. The largest absolute Gasteiger partial charge is 0.268 e. The van der Waals surface area contributed by atoms with Gasteiger partial charge in [-0.2, -0.15) is 0 Å². The zero-order valence-corrected chi connectivity index (χ0v) is 14.5. The highest BCUT2D eigenvalue weighted by atomic mass is 16.1. The second-order valence-electron chi connectivity index (χ2n) is 6.21. The van der Waals surface area contributed by atoms with Gasteiger partial charge in [-0.15, -0.1) is 0 Å². The van der Waals surface area contributed by atoms with Crippen molar-refractivity contribution in [2.24, 2.45) is 0 Å². The van der Waals surface area contributed by atoms with Crippen LogP contribution in [0.15, 0.2) is 83.7 Å². The molecule has 3 heteroatoms. The third-order valence-corrected chi connectivity index (χ3v) is 4.32. The molecule has 0 aliphatic carbocycles. The molecule has 0 saturated carbocycles. The summed E-state index contributed by atoms with van der Waals surface area (Å²) >= 11 is 0. The Kier molecular flexibility index (Phi) is 4.20. The smallest absolute Gasteiger partial charge is 0.266 e. The van der Waals surface area contributed by atoms with Crippen molar-refractivity contribution in [1.29, 1.82) is 0 Å². The molecule has 3 nitrogen and oxygen atoms in total. The normalized spacial score (nSPS) is 11.3. The third kappa shape index (κ3) is 3.07. The number of hydrogen-bond acceptors (Lipinski definition) is 2. The number of nitrogens with zero attached hydrogens (tertiary/aromatic N) is 2. The van der Waals surface area contributed by atoms with Crippen molar-refractivity contribution in [2.75, 3.05) is 0 Å². The van der Waals surface area contributed by atoms with E-state index in [1.54, 1.807) is 4.57 Å². The van der Waals surface area contributed by atoms with Crippen LogP contribution in [-0.2, 0) is 0 Å². The minimum absolute atomic E-state index is 0.0645. The molecule has 4 aromatic rings. The number of aromatic nitrogens is 2. The van der Waals surface area contributed by atoms with Crippen molar-refractivity contribution in [2.45, 2.75) is 6.92 Å². The van der Waals surface area contributed by atoms with Crippen LogP contribution in [0.25, 0.3) is 28.7 Å². The number of aryl methyl sites for hydroxylation is 1. The van der Waals surface area contributed by atoms with E-state index < -0.39 is 0 Å². The first-order valence-electron chi connectivity index (χ1n) is 8.54. The Bertz CT molecular complexity index is 1140. The fourth-order valence-corrected chi connectivity index (χ4v) is 2.94. The van der Waals surface area contributed by atoms with Crippen LogP contribution in [0.4, 0.5) is 0 Å². The van der Waals surface area contributed by atoms with Gasteiger partial charge in [0.05, 0.1) is 16.6 Å². The quantitative estimate of drug-likeness (QED) is 0.534. The van der Waals surface area contributed by atoms with E-state index in [1.165, 1.54) is 5.56 Å². The monoisotopic (exact) mass is 338 g/mol. The molecule has 1 aromatic heterocycles. The van der Waals surface area contributed by atoms with Crippen LogP contribution in [0.1, 0.15) is 17.0 Å². The van der Waals surface area contributed by atoms with Crippen LogP contribution in [0.2, 0.25) is 0 Å². The van der Waals surface area contributed by atoms with Gasteiger partial charge in [0.2, 0.25) is 0 Å². The van der Waals surface area contributed by atoms with Gasteiger partial charge in [-0.3, -0.25) is 9.36 Å². The topological polar surface area (TPSA) is 34.9 Å². The van der Waals surface area contributed by atoms with Gasteiger partial charge in [-0.1, -0.05) is 66.2 Å².